The average Bonchev–Trinajstić information content (AvgIpc) is 3.03. The first-order chi connectivity index (χ1) is 19.2. The van der Waals surface area contributed by atoms with Crippen molar-refractivity contribution < 1.29 is 24.5 Å². The fourth-order valence-corrected chi connectivity index (χ4v) is 4.26. The van der Waals surface area contributed by atoms with E-state index in [1.54, 1.807) is 6.07 Å². The van der Waals surface area contributed by atoms with Crippen LogP contribution in [-0.2, 0) is 20.1 Å². The Labute approximate surface area is 249 Å². The molecule has 0 bridgehead atoms. The van der Waals surface area contributed by atoms with Crippen molar-refractivity contribution in [3.8, 4) is 33.6 Å². The minimum Gasteiger partial charge on any atom is -0.305 e. The van der Waals surface area contributed by atoms with Crippen LogP contribution in [0.5, 0.6) is 0 Å². The van der Waals surface area contributed by atoms with E-state index >= 15 is 0 Å². The van der Waals surface area contributed by atoms with Gasteiger partial charge in [0, 0.05) is 44.2 Å². The van der Waals surface area contributed by atoms with Gasteiger partial charge in [0.05, 0.1) is 0 Å². The molecule has 2 nitrogen and oxygen atoms in total. The molecule has 6 rings (SSSR count). The molecule has 0 aliphatic heterocycles. The predicted molar refractivity (Wildman–Crippen MR) is 156 cm³/mol. The summed E-state index contributed by atoms with van der Waals surface area (Å²) in [6.45, 7) is 2.16. The third-order valence-corrected chi connectivity index (χ3v) is 6.49. The molecule has 0 aliphatic rings. The number of halogens is 1. The minimum atomic E-state index is -0.284. The summed E-state index contributed by atoms with van der Waals surface area (Å²) in [6.07, 6.45) is 3.72. The van der Waals surface area contributed by atoms with E-state index in [4.69, 9.17) is 0 Å². The maximum absolute atomic E-state index is 12.9. The number of nitrogens with zero attached hydrogens (tertiary/aromatic N) is 2. The largest absolute Gasteiger partial charge is 0.305 e. The maximum Gasteiger partial charge on any atom is 0.0379 e. The van der Waals surface area contributed by atoms with Crippen molar-refractivity contribution in [2.45, 2.75) is 12.8 Å². The van der Waals surface area contributed by atoms with Crippen LogP contribution in [0.25, 0.3) is 33.6 Å². The zero-order valence-corrected chi connectivity index (χ0v) is 24.4. The van der Waals surface area contributed by atoms with Gasteiger partial charge < -0.3 is 9.97 Å². The molecule has 4 heteroatoms. The monoisotopic (exact) mass is 699 g/mol. The first kappa shape index (κ1) is 28.8. The summed E-state index contributed by atoms with van der Waals surface area (Å²) in [7, 11) is 0. The van der Waals surface area contributed by atoms with Gasteiger partial charge in [-0.05, 0) is 39.7 Å². The van der Waals surface area contributed by atoms with Gasteiger partial charge in [0.25, 0.3) is 0 Å². The zero-order chi connectivity index (χ0) is 26.9. The van der Waals surface area contributed by atoms with E-state index in [0.29, 0.717) is 5.92 Å². The second-order valence-corrected chi connectivity index (χ2v) is 9.10. The van der Waals surface area contributed by atoms with Crippen molar-refractivity contribution >= 4 is 0 Å². The molecule has 4 aromatic carbocycles. The smallest absolute Gasteiger partial charge is 0.0379 e. The molecule has 1 radical (unpaired) electrons. The Kier molecular flexibility index (Phi) is 10.2. The maximum atomic E-state index is 12.9. The van der Waals surface area contributed by atoms with E-state index < -0.39 is 0 Å². The first-order valence-corrected chi connectivity index (χ1v) is 12.8. The molecule has 2 aromatic heterocycles. The Hall–Kier alpha value is -4.24. The van der Waals surface area contributed by atoms with Crippen molar-refractivity contribution in [2.24, 2.45) is 0 Å². The molecule has 40 heavy (non-hydrogen) atoms. The van der Waals surface area contributed by atoms with Crippen molar-refractivity contribution in [1.29, 1.82) is 0 Å². The summed E-state index contributed by atoms with van der Waals surface area (Å²) in [5, 5.41) is 0. The molecule has 0 spiro atoms. The Morgan fingerprint density at radius 1 is 0.625 bits per heavy atom. The molecule has 0 fully saturated rings. The van der Waals surface area contributed by atoms with Crippen LogP contribution in [0.1, 0.15) is 24.0 Å². The summed E-state index contributed by atoms with van der Waals surface area (Å²) in [5.74, 6) is 0.0121. The molecule has 1 unspecified atom stereocenters. The van der Waals surface area contributed by atoms with E-state index in [9.17, 15) is 4.39 Å². The summed E-state index contributed by atoms with van der Waals surface area (Å²) in [4.78, 5) is 8.88. The Bertz CT molecular complexity index is 1530. The van der Waals surface area contributed by atoms with Gasteiger partial charge in [-0.1, -0.05) is 85.8 Å². The van der Waals surface area contributed by atoms with Gasteiger partial charge in [-0.3, -0.25) is 4.39 Å². The number of rotatable bonds is 5. The molecule has 0 aliphatic carbocycles. The zero-order valence-electron chi connectivity index (χ0n) is 22.0. The number of aromatic nitrogens is 2. The van der Waals surface area contributed by atoms with Gasteiger partial charge >= 0.3 is 0 Å². The van der Waals surface area contributed by atoms with Crippen LogP contribution in [0.3, 0.4) is 0 Å². The summed E-state index contributed by atoms with van der Waals surface area (Å²) in [6, 6.07) is 47.3. The fraction of sp³-hybridized carbons (Fsp3) is 0.0556. The molecular weight excluding hydrogens is 672 g/mol. The predicted octanol–water partition coefficient (Wildman–Crippen LogP) is 9.05. The minimum absolute atomic E-state index is 0. The quantitative estimate of drug-likeness (QED) is 0.168. The Balaban J connectivity index is 0.000000182. The van der Waals surface area contributed by atoms with E-state index in [-0.39, 0.29) is 25.9 Å². The molecule has 0 saturated heterocycles. The van der Waals surface area contributed by atoms with Gasteiger partial charge in [0.1, 0.15) is 0 Å². The normalized spacial score (nSPS) is 10.9. The van der Waals surface area contributed by atoms with E-state index in [0.717, 1.165) is 28.1 Å². The van der Waals surface area contributed by atoms with Crippen LogP contribution in [0, 0.1) is 17.9 Å². The van der Waals surface area contributed by atoms with Crippen molar-refractivity contribution in [1.82, 2.24) is 9.97 Å². The SMILES string of the molecule is CC(c1ccccc1)c1ccc(-c2[c-]cc(F)cc2)nc1.[Ir].[c-]1ccccc1-c1cc(-c2ccccc2)ccn1. The summed E-state index contributed by atoms with van der Waals surface area (Å²) < 4.78 is 12.9. The number of benzene rings is 4. The third-order valence-electron chi connectivity index (χ3n) is 6.49. The summed E-state index contributed by atoms with van der Waals surface area (Å²) in [5.41, 5.74) is 8.39. The summed E-state index contributed by atoms with van der Waals surface area (Å²) >= 11 is 0. The first-order valence-electron chi connectivity index (χ1n) is 12.8. The van der Waals surface area contributed by atoms with Crippen molar-refractivity contribution in [2.75, 3.05) is 0 Å². The molecule has 0 saturated carbocycles. The molecule has 0 N–H and O–H groups in total. The number of hydrogen-bond acceptors (Lipinski definition) is 2. The molecule has 2 heterocycles. The standard InChI is InChI=1S/C19H15FN.C17H12N.Ir/c1-14(15-5-3-2-4-6-15)17-9-12-19(21-13-17)16-7-10-18(20)11-8-16;1-3-7-14(8-4-1)16-11-12-18-17(13-16)15-9-5-2-6-10-15;/h2-7,9-14H,1H3;1-9,11-13H;/q2*-1;. The van der Waals surface area contributed by atoms with E-state index in [1.807, 2.05) is 85.2 Å². The van der Waals surface area contributed by atoms with Gasteiger partial charge in [0.2, 0.25) is 0 Å². The van der Waals surface area contributed by atoms with Crippen LogP contribution in [-0.4, -0.2) is 9.97 Å². The van der Waals surface area contributed by atoms with Crippen LogP contribution in [0.2, 0.25) is 0 Å². The van der Waals surface area contributed by atoms with Crippen molar-refractivity contribution in [3.05, 3.63) is 169 Å². The number of pyridine rings is 2. The molecule has 0 amide bonds. The topological polar surface area (TPSA) is 25.8 Å². The van der Waals surface area contributed by atoms with Gasteiger partial charge in [0.15, 0.2) is 0 Å². The van der Waals surface area contributed by atoms with Gasteiger partial charge in [-0.25, -0.2) is 0 Å². The molecule has 199 valence electrons. The second kappa shape index (κ2) is 14.2. The van der Waals surface area contributed by atoms with E-state index in [1.165, 1.54) is 28.8 Å². The average molecular weight is 699 g/mol. The Morgan fingerprint density at radius 2 is 1.35 bits per heavy atom. The third kappa shape index (κ3) is 7.44. The second-order valence-electron chi connectivity index (χ2n) is 9.10. The van der Waals surface area contributed by atoms with Crippen LogP contribution >= 0.6 is 0 Å². The Morgan fingerprint density at radius 3 is 2.00 bits per heavy atom. The fourth-order valence-electron chi connectivity index (χ4n) is 4.26. The number of hydrogen-bond donors (Lipinski definition) is 0. The van der Waals surface area contributed by atoms with Crippen molar-refractivity contribution in [3.63, 3.8) is 0 Å². The molecule has 1 atom stereocenters. The van der Waals surface area contributed by atoms with Crippen LogP contribution in [0.4, 0.5) is 4.39 Å². The van der Waals surface area contributed by atoms with Crippen LogP contribution < -0.4 is 0 Å². The van der Waals surface area contributed by atoms with E-state index in [2.05, 4.69) is 65.4 Å². The molecule has 6 aromatic rings. The van der Waals surface area contributed by atoms with Gasteiger partial charge in [-0.2, -0.15) is 0 Å². The van der Waals surface area contributed by atoms with Crippen LogP contribution in [0.15, 0.2) is 140 Å². The van der Waals surface area contributed by atoms with Gasteiger partial charge in [-0.15, -0.1) is 65.7 Å². The molecular formula is C36H27FIrN2-2.